The van der Waals surface area contributed by atoms with Gasteiger partial charge < -0.3 is 5.53 Å². The Kier molecular flexibility index (Phi) is 13.7. The molecule has 0 aromatic heterocycles. The van der Waals surface area contributed by atoms with Crippen LogP contribution in [0, 0.1) is 0 Å². The summed E-state index contributed by atoms with van der Waals surface area (Å²) in [5.74, 6) is -0.0824. The summed E-state index contributed by atoms with van der Waals surface area (Å²) in [6.07, 6.45) is 4.75. The minimum Gasteiger partial charge on any atom is -0.361 e. The topological polar surface area (TPSA) is 53.5 Å². The van der Waals surface area contributed by atoms with Crippen molar-refractivity contribution in [2.45, 2.75) is 44.8 Å². The van der Waals surface area contributed by atoms with Crippen LogP contribution in [-0.4, -0.2) is 25.6 Å². The number of hydrogen-bond donors (Lipinski definition) is 0. The van der Waals surface area contributed by atoms with E-state index in [4.69, 9.17) is 5.53 Å². The van der Waals surface area contributed by atoms with E-state index >= 15 is 0 Å². The predicted octanol–water partition coefficient (Wildman–Crippen LogP) is 2.17. The molecule has 0 unspecified atom stereocenters. The van der Waals surface area contributed by atoms with E-state index in [1.54, 1.807) is 0 Å². The third kappa shape index (κ3) is 12.4. The van der Waals surface area contributed by atoms with Crippen molar-refractivity contribution in [1.29, 1.82) is 0 Å². The Hall–Kier alpha value is 0.371. The second-order valence-electron chi connectivity index (χ2n) is 3.48. The number of ketones is 1. The molecule has 0 fully saturated rings. The van der Waals surface area contributed by atoms with Crippen LogP contribution in [0.4, 0.5) is 0 Å². The Bertz CT molecular complexity index is 203. The Morgan fingerprint density at radius 1 is 1.36 bits per heavy atom. The number of rotatable bonds is 7. The molecule has 76 valence electrons. The molecule has 5 heteroatoms. The summed E-state index contributed by atoms with van der Waals surface area (Å²) in [6, 6.07) is 1.33. The van der Waals surface area contributed by atoms with Crippen LogP contribution in [0.1, 0.15) is 25.7 Å². The van der Waals surface area contributed by atoms with Crippen LogP contribution in [0.2, 0.25) is 19.1 Å². The van der Waals surface area contributed by atoms with Crippen LogP contribution >= 0.6 is 0 Å². The maximum atomic E-state index is 10.8. The minimum absolute atomic E-state index is 0. The van der Waals surface area contributed by atoms with Gasteiger partial charge in [-0.25, -0.2) is 0 Å². The Morgan fingerprint density at radius 2 is 2.00 bits per heavy atom. The number of carbonyl (C=O) groups is 1. The van der Waals surface area contributed by atoms with Crippen LogP contribution in [-0.2, 0) is 37.5 Å². The van der Waals surface area contributed by atoms with Crippen LogP contribution in [0.5, 0.6) is 0 Å². The molecule has 0 aliphatic rings. The van der Waals surface area contributed by atoms with E-state index in [2.05, 4.69) is 17.9 Å². The largest absolute Gasteiger partial charge is 0.361 e. The van der Waals surface area contributed by atoms with Crippen molar-refractivity contribution in [2.24, 2.45) is 0 Å². The first-order valence-electron chi connectivity index (χ1n) is 4.66. The summed E-state index contributed by atoms with van der Waals surface area (Å²) in [4.78, 5) is 13.5. The number of nitrogens with zero attached hydrogens (tertiary/aromatic N) is 2. The van der Waals surface area contributed by atoms with Gasteiger partial charge in [-0.05, 0) is 6.42 Å². The molecular formula is C9H17N2OSiY. The molecule has 0 aliphatic heterocycles. The van der Waals surface area contributed by atoms with Crippen molar-refractivity contribution in [3.05, 3.63) is 5.53 Å². The average Bonchev–Trinajstić information content (AvgIpc) is 2.03. The van der Waals surface area contributed by atoms with Gasteiger partial charge in [0.2, 0.25) is 5.78 Å². The molecule has 0 bridgehead atoms. The van der Waals surface area contributed by atoms with Gasteiger partial charge in [-0.15, -0.1) is 0 Å². The predicted molar refractivity (Wildman–Crippen MR) is 55.4 cm³/mol. The molecule has 0 aliphatic carbocycles. The van der Waals surface area contributed by atoms with Gasteiger partial charge >= 0.3 is 6.21 Å². The van der Waals surface area contributed by atoms with Crippen LogP contribution in [0.3, 0.4) is 0 Å². The molecule has 0 atom stereocenters. The second-order valence-corrected chi connectivity index (χ2v) is 6.39. The van der Waals surface area contributed by atoms with E-state index in [9.17, 15) is 4.79 Å². The van der Waals surface area contributed by atoms with E-state index in [0.29, 0.717) is 6.42 Å². The third-order valence-corrected chi connectivity index (χ3v) is 3.16. The standard InChI is InChI=1S/C9H17N2OSi.Y/c1-13(2)7-5-3-4-6-9(12)8-11-10;/h8H,3-7H2,1-2H3;. The number of hydrogen-bond acceptors (Lipinski definition) is 1. The summed E-state index contributed by atoms with van der Waals surface area (Å²) in [6.45, 7) is 4.60. The molecule has 0 N–H and O–H groups in total. The Morgan fingerprint density at radius 3 is 2.50 bits per heavy atom. The maximum absolute atomic E-state index is 10.8. The molecule has 0 spiro atoms. The zero-order valence-corrected chi connectivity index (χ0v) is 12.8. The van der Waals surface area contributed by atoms with E-state index in [0.717, 1.165) is 19.1 Å². The average molecular weight is 286 g/mol. The zero-order valence-electron chi connectivity index (χ0n) is 8.99. The van der Waals surface area contributed by atoms with Gasteiger partial charge in [0, 0.05) is 47.9 Å². The molecule has 0 rings (SSSR count). The molecule has 2 radical (unpaired) electrons. The first kappa shape index (κ1) is 16.8. The summed E-state index contributed by atoms with van der Waals surface area (Å²) in [5, 5.41) is 0. The van der Waals surface area contributed by atoms with Gasteiger partial charge in [-0.1, -0.05) is 32.0 Å². The smallest absolute Gasteiger partial charge is 0.323 e. The minimum atomic E-state index is -0.0964. The van der Waals surface area contributed by atoms with Gasteiger partial charge in [0.25, 0.3) is 0 Å². The first-order valence-corrected chi connectivity index (χ1v) is 7.37. The fourth-order valence-electron chi connectivity index (χ4n) is 1.08. The van der Waals surface area contributed by atoms with Crippen molar-refractivity contribution < 1.29 is 42.3 Å². The zero-order chi connectivity index (χ0) is 10.1. The van der Waals surface area contributed by atoms with Gasteiger partial charge in [-0.2, -0.15) is 4.79 Å². The SMILES string of the molecule is C[Si](C)CCCCCC(=O)C=[N+]=[N-].[Y]. The molecule has 0 heterocycles. The fourth-order valence-corrected chi connectivity index (χ4v) is 2.04. The van der Waals surface area contributed by atoms with Crippen molar-refractivity contribution in [3.8, 4) is 0 Å². The van der Waals surface area contributed by atoms with Gasteiger partial charge in [0.15, 0.2) is 0 Å². The van der Waals surface area contributed by atoms with Gasteiger partial charge in [-0.3, -0.25) is 4.79 Å². The van der Waals surface area contributed by atoms with Crippen molar-refractivity contribution in [2.75, 3.05) is 0 Å². The third-order valence-electron chi connectivity index (χ3n) is 1.80. The van der Waals surface area contributed by atoms with Crippen molar-refractivity contribution in [1.82, 2.24) is 0 Å². The summed E-state index contributed by atoms with van der Waals surface area (Å²) in [5.41, 5.74) is 8.06. The van der Waals surface area contributed by atoms with Crippen molar-refractivity contribution in [3.63, 3.8) is 0 Å². The normalized spacial score (nSPS) is 9.07. The van der Waals surface area contributed by atoms with Crippen LogP contribution < -0.4 is 0 Å². The molecule has 0 aromatic rings. The summed E-state index contributed by atoms with van der Waals surface area (Å²) in [7, 11) is -0.0964. The van der Waals surface area contributed by atoms with Gasteiger partial charge in [0.05, 0.1) is 0 Å². The summed E-state index contributed by atoms with van der Waals surface area (Å²) >= 11 is 0. The molecule has 0 saturated heterocycles. The van der Waals surface area contributed by atoms with Crippen LogP contribution in [0.25, 0.3) is 5.53 Å². The number of carbonyl (C=O) groups excluding carboxylic acids is 1. The number of unbranched alkanes of at least 4 members (excludes halogenated alkanes) is 2. The van der Waals surface area contributed by atoms with E-state index < -0.39 is 0 Å². The van der Waals surface area contributed by atoms with Crippen LogP contribution in [0.15, 0.2) is 0 Å². The quantitative estimate of drug-likeness (QED) is 0.233. The van der Waals surface area contributed by atoms with E-state index in [1.807, 2.05) is 0 Å². The van der Waals surface area contributed by atoms with Gasteiger partial charge in [0.1, 0.15) is 0 Å². The Balaban J connectivity index is 0. The molecule has 14 heavy (non-hydrogen) atoms. The molecule has 0 amide bonds. The Labute approximate surface area is 113 Å². The van der Waals surface area contributed by atoms with E-state index in [-0.39, 0.29) is 47.3 Å². The van der Waals surface area contributed by atoms with Crippen molar-refractivity contribution >= 4 is 20.8 Å². The molecule has 0 aromatic carbocycles. The summed E-state index contributed by atoms with van der Waals surface area (Å²) < 4.78 is 0. The first-order chi connectivity index (χ1) is 6.16. The molecular weight excluding hydrogens is 269 g/mol. The monoisotopic (exact) mass is 286 g/mol. The fraction of sp³-hybridized carbons (Fsp3) is 0.778. The molecule has 3 nitrogen and oxygen atoms in total. The van der Waals surface area contributed by atoms with E-state index in [1.165, 1.54) is 12.5 Å². The second kappa shape index (κ2) is 11.4. The number of Topliss-reactive ketones (excluding diaryl/α,β-unsaturated/α-hetero) is 1. The molecule has 0 saturated carbocycles. The maximum Gasteiger partial charge on any atom is 0.323 e.